The lowest BCUT2D eigenvalue weighted by Gasteiger charge is -2.37. The van der Waals surface area contributed by atoms with E-state index >= 15 is 0 Å². The molecule has 176 valence electrons. The monoisotopic (exact) mass is 475 g/mol. The van der Waals surface area contributed by atoms with Gasteiger partial charge in [0.2, 0.25) is 0 Å². The number of para-hydroxylation sites is 1. The Hall–Kier alpha value is -1.90. The van der Waals surface area contributed by atoms with Crippen LogP contribution in [-0.4, -0.2) is 62.3 Å². The standard InChI is InChI=1S/C22H29N3O2.2ClH.2H2O/c1-26-22-16-18(6-7-20(22)23)25-13-11-24(12-14-25)10-8-17-9-15-27-21-5-3-2-4-19(17)21;;;;/h2-7,16-17H,8-15,23H2,1H3;2*1H;2*1H2. The van der Waals surface area contributed by atoms with Gasteiger partial charge in [0.1, 0.15) is 11.5 Å². The number of nitrogens with two attached hydrogens (primary N) is 1. The third-order valence-electron chi connectivity index (χ3n) is 5.83. The van der Waals surface area contributed by atoms with Gasteiger partial charge in [0.15, 0.2) is 0 Å². The van der Waals surface area contributed by atoms with Crippen LogP contribution in [0.5, 0.6) is 11.5 Å². The number of fused-ring (bicyclic) bond motifs is 1. The summed E-state index contributed by atoms with van der Waals surface area (Å²) in [6, 6.07) is 14.6. The Balaban J connectivity index is 0.00000225. The van der Waals surface area contributed by atoms with Gasteiger partial charge in [-0.3, -0.25) is 4.90 Å². The number of hydrogen-bond donors (Lipinski definition) is 1. The molecule has 0 radical (unpaired) electrons. The number of rotatable bonds is 5. The highest BCUT2D eigenvalue weighted by molar-refractivity contribution is 5.85. The van der Waals surface area contributed by atoms with Gasteiger partial charge in [-0.1, -0.05) is 18.2 Å². The molecule has 0 saturated carbocycles. The second-order valence-corrected chi connectivity index (χ2v) is 7.42. The van der Waals surface area contributed by atoms with E-state index in [0.717, 1.165) is 57.3 Å². The molecule has 6 N–H and O–H groups in total. The van der Waals surface area contributed by atoms with Crippen molar-refractivity contribution in [3.05, 3.63) is 48.0 Å². The molecule has 0 aromatic heterocycles. The van der Waals surface area contributed by atoms with Gasteiger partial charge in [0, 0.05) is 37.9 Å². The smallest absolute Gasteiger partial charge is 0.143 e. The summed E-state index contributed by atoms with van der Waals surface area (Å²) < 4.78 is 11.2. The summed E-state index contributed by atoms with van der Waals surface area (Å²) in [7, 11) is 1.67. The van der Waals surface area contributed by atoms with Gasteiger partial charge < -0.3 is 31.1 Å². The molecule has 2 aliphatic heterocycles. The Labute approximate surface area is 196 Å². The Bertz CT molecular complexity index is 789. The zero-order valence-corrected chi connectivity index (χ0v) is 19.5. The first-order chi connectivity index (χ1) is 13.2. The number of ether oxygens (including phenoxy) is 2. The molecule has 2 aliphatic rings. The number of piperazine rings is 1. The van der Waals surface area contributed by atoms with Gasteiger partial charge in [-0.15, -0.1) is 24.8 Å². The van der Waals surface area contributed by atoms with Gasteiger partial charge in [-0.25, -0.2) is 0 Å². The summed E-state index contributed by atoms with van der Waals surface area (Å²) in [5.74, 6) is 2.46. The lowest BCUT2D eigenvalue weighted by Crippen LogP contribution is -2.46. The van der Waals surface area contributed by atoms with E-state index in [1.807, 2.05) is 12.1 Å². The molecule has 1 unspecified atom stereocenters. The topological polar surface area (TPSA) is 114 Å². The van der Waals surface area contributed by atoms with Crippen LogP contribution in [-0.2, 0) is 0 Å². The third-order valence-corrected chi connectivity index (χ3v) is 5.83. The lowest BCUT2D eigenvalue weighted by molar-refractivity contribution is 0.223. The maximum absolute atomic E-state index is 5.94. The van der Waals surface area contributed by atoms with E-state index in [4.69, 9.17) is 15.2 Å². The molecule has 1 atom stereocenters. The quantitative estimate of drug-likeness (QED) is 0.667. The third kappa shape index (κ3) is 6.79. The van der Waals surface area contributed by atoms with E-state index in [0.29, 0.717) is 11.6 Å². The maximum Gasteiger partial charge on any atom is 0.143 e. The van der Waals surface area contributed by atoms with Crippen LogP contribution in [0.4, 0.5) is 11.4 Å². The fourth-order valence-corrected chi connectivity index (χ4v) is 4.18. The molecule has 2 aromatic carbocycles. The fraction of sp³-hybridized carbons (Fsp3) is 0.455. The van der Waals surface area contributed by atoms with Crippen molar-refractivity contribution in [2.45, 2.75) is 18.8 Å². The minimum atomic E-state index is 0. The van der Waals surface area contributed by atoms with Crippen LogP contribution in [0.1, 0.15) is 24.3 Å². The van der Waals surface area contributed by atoms with Crippen molar-refractivity contribution in [2.24, 2.45) is 0 Å². The van der Waals surface area contributed by atoms with Gasteiger partial charge in [0.25, 0.3) is 0 Å². The van der Waals surface area contributed by atoms with Crippen LogP contribution in [0.2, 0.25) is 0 Å². The zero-order chi connectivity index (χ0) is 18.6. The lowest BCUT2D eigenvalue weighted by atomic mass is 9.90. The maximum atomic E-state index is 5.94. The largest absolute Gasteiger partial charge is 0.495 e. The van der Waals surface area contributed by atoms with E-state index in [2.05, 4.69) is 40.1 Å². The van der Waals surface area contributed by atoms with Crippen LogP contribution in [0.15, 0.2) is 42.5 Å². The van der Waals surface area contributed by atoms with Crippen molar-refractivity contribution < 1.29 is 20.4 Å². The number of anilines is 2. The SMILES string of the molecule is COc1cc(N2CCN(CCC3CCOc4ccccc43)CC2)ccc1N.Cl.Cl.O.O. The van der Waals surface area contributed by atoms with E-state index in [1.165, 1.54) is 17.7 Å². The van der Waals surface area contributed by atoms with Crippen LogP contribution in [0, 0.1) is 0 Å². The molecular weight excluding hydrogens is 441 g/mol. The number of halogens is 2. The van der Waals surface area contributed by atoms with Crippen molar-refractivity contribution in [3.8, 4) is 11.5 Å². The van der Waals surface area contributed by atoms with Gasteiger partial charge in [-0.2, -0.15) is 0 Å². The first kappa shape index (κ1) is 29.1. The van der Waals surface area contributed by atoms with Crippen molar-refractivity contribution >= 4 is 36.2 Å². The minimum absolute atomic E-state index is 0. The van der Waals surface area contributed by atoms with Crippen LogP contribution in [0.3, 0.4) is 0 Å². The first-order valence-electron chi connectivity index (χ1n) is 9.87. The Morgan fingerprint density at radius 3 is 2.45 bits per heavy atom. The molecule has 1 saturated heterocycles. The Kier molecular flexibility index (Phi) is 12.7. The highest BCUT2D eigenvalue weighted by Crippen LogP contribution is 2.35. The summed E-state index contributed by atoms with van der Waals surface area (Å²) in [5.41, 5.74) is 9.21. The number of benzene rings is 2. The highest BCUT2D eigenvalue weighted by Gasteiger charge is 2.23. The van der Waals surface area contributed by atoms with Crippen molar-refractivity contribution in [3.63, 3.8) is 0 Å². The fourth-order valence-electron chi connectivity index (χ4n) is 4.18. The Morgan fingerprint density at radius 2 is 1.74 bits per heavy atom. The van der Waals surface area contributed by atoms with E-state index in [-0.39, 0.29) is 35.8 Å². The van der Waals surface area contributed by atoms with Crippen molar-refractivity contribution in [1.29, 1.82) is 0 Å². The number of nitrogens with zero attached hydrogens (tertiary/aromatic N) is 2. The van der Waals surface area contributed by atoms with Gasteiger partial charge >= 0.3 is 0 Å². The number of nitrogen functional groups attached to an aromatic ring is 1. The molecule has 2 heterocycles. The van der Waals surface area contributed by atoms with Crippen LogP contribution < -0.4 is 20.1 Å². The molecule has 0 amide bonds. The first-order valence-corrected chi connectivity index (χ1v) is 9.87. The zero-order valence-electron chi connectivity index (χ0n) is 17.9. The minimum Gasteiger partial charge on any atom is -0.495 e. The van der Waals surface area contributed by atoms with Crippen LogP contribution >= 0.6 is 24.8 Å². The molecule has 4 rings (SSSR count). The van der Waals surface area contributed by atoms with E-state index in [1.54, 1.807) is 7.11 Å². The molecule has 0 aliphatic carbocycles. The molecule has 31 heavy (non-hydrogen) atoms. The van der Waals surface area contributed by atoms with Gasteiger partial charge in [0.05, 0.1) is 19.4 Å². The summed E-state index contributed by atoms with van der Waals surface area (Å²) in [4.78, 5) is 5.01. The second kappa shape index (κ2) is 13.5. The Morgan fingerprint density at radius 1 is 1.03 bits per heavy atom. The molecule has 1 fully saturated rings. The molecule has 9 heteroatoms. The predicted octanol–water partition coefficient (Wildman–Crippen LogP) is 2.55. The molecule has 2 aromatic rings. The second-order valence-electron chi connectivity index (χ2n) is 7.42. The molecule has 0 bridgehead atoms. The predicted molar refractivity (Wildman–Crippen MR) is 132 cm³/mol. The highest BCUT2D eigenvalue weighted by atomic mass is 35.5. The van der Waals surface area contributed by atoms with E-state index < -0.39 is 0 Å². The number of hydrogen-bond acceptors (Lipinski definition) is 5. The summed E-state index contributed by atoms with van der Waals surface area (Å²) in [6.45, 7) is 6.26. The number of methoxy groups -OCH3 is 1. The van der Waals surface area contributed by atoms with Crippen LogP contribution in [0.25, 0.3) is 0 Å². The average molecular weight is 476 g/mol. The molecular formula is C22H35Cl2N3O4. The summed E-state index contributed by atoms with van der Waals surface area (Å²) in [6.07, 6.45) is 2.33. The normalized spacial score (nSPS) is 17.5. The molecule has 7 nitrogen and oxygen atoms in total. The van der Waals surface area contributed by atoms with Crippen molar-refractivity contribution in [1.82, 2.24) is 4.90 Å². The molecule has 0 spiro atoms. The summed E-state index contributed by atoms with van der Waals surface area (Å²) in [5, 5.41) is 0. The summed E-state index contributed by atoms with van der Waals surface area (Å²) >= 11 is 0. The van der Waals surface area contributed by atoms with E-state index in [9.17, 15) is 0 Å². The van der Waals surface area contributed by atoms with Crippen molar-refractivity contribution in [2.75, 3.05) is 57.1 Å². The van der Waals surface area contributed by atoms with Gasteiger partial charge in [-0.05, 0) is 49.1 Å². The average Bonchev–Trinajstić information content (AvgIpc) is 2.73.